The smallest absolute Gasteiger partial charge is 0.306 e. The molecule has 1 aromatic heterocycles. The Bertz CT molecular complexity index is 410. The van der Waals surface area contributed by atoms with Crippen molar-refractivity contribution in [2.45, 2.75) is 31.2 Å². The van der Waals surface area contributed by atoms with E-state index in [1.54, 1.807) is 11.8 Å². The van der Waals surface area contributed by atoms with Gasteiger partial charge in [-0.3, -0.25) is 4.79 Å². The molecule has 0 saturated heterocycles. The first-order valence-electron chi connectivity index (χ1n) is 5.82. The number of carbonyl (C=O) groups is 1. The van der Waals surface area contributed by atoms with Crippen LogP contribution in [0.2, 0.25) is 0 Å². The summed E-state index contributed by atoms with van der Waals surface area (Å²) in [5.74, 6) is 1.64. The molecule has 0 spiro atoms. The third-order valence-corrected chi connectivity index (χ3v) is 3.44. The number of ether oxygens (including phenoxy) is 1. The summed E-state index contributed by atoms with van der Waals surface area (Å²) in [4.78, 5) is 19.6. The van der Waals surface area contributed by atoms with Crippen LogP contribution in [0, 0.1) is 0 Å². The van der Waals surface area contributed by atoms with Gasteiger partial charge in [0, 0.05) is 18.4 Å². The highest BCUT2D eigenvalue weighted by atomic mass is 32.2. The number of hydrogen-bond acceptors (Lipinski definition) is 6. The van der Waals surface area contributed by atoms with E-state index in [0.717, 1.165) is 16.4 Å². The van der Waals surface area contributed by atoms with Crippen LogP contribution in [0.1, 0.15) is 31.7 Å². The average molecular weight is 269 g/mol. The van der Waals surface area contributed by atoms with Gasteiger partial charge >= 0.3 is 5.97 Å². The Balaban J connectivity index is 2.78. The molecule has 0 aliphatic heterocycles. The monoisotopic (exact) mass is 269 g/mol. The predicted molar refractivity (Wildman–Crippen MR) is 73.0 cm³/mol. The van der Waals surface area contributed by atoms with Crippen LogP contribution in [0.4, 0.5) is 5.82 Å². The quantitative estimate of drug-likeness (QED) is 0.485. The predicted octanol–water partition coefficient (Wildman–Crippen LogP) is 2.30. The standard InChI is InChI=1S/C12H19N3O2S/c1-8(2)10-11(13-3)14-7-15-12(10)18-6-5-9(16)17-4/h7-8H,5-6H2,1-4H3,(H,13,14,15). The lowest BCUT2D eigenvalue weighted by Gasteiger charge is -2.14. The van der Waals surface area contributed by atoms with Crippen LogP contribution < -0.4 is 5.32 Å². The fraction of sp³-hybridized carbons (Fsp3) is 0.583. The van der Waals surface area contributed by atoms with Gasteiger partial charge in [-0.25, -0.2) is 9.97 Å². The summed E-state index contributed by atoms with van der Waals surface area (Å²) >= 11 is 1.56. The Morgan fingerprint density at radius 1 is 1.50 bits per heavy atom. The number of methoxy groups -OCH3 is 1. The fourth-order valence-corrected chi connectivity index (χ4v) is 2.62. The molecule has 0 aliphatic carbocycles. The zero-order valence-electron chi connectivity index (χ0n) is 11.2. The molecule has 1 aromatic rings. The van der Waals surface area contributed by atoms with Crippen LogP contribution in [-0.2, 0) is 9.53 Å². The Morgan fingerprint density at radius 3 is 2.78 bits per heavy atom. The highest BCUT2D eigenvalue weighted by Gasteiger charge is 2.14. The number of rotatable bonds is 6. The number of esters is 1. The minimum absolute atomic E-state index is 0.198. The van der Waals surface area contributed by atoms with Crippen molar-refractivity contribution < 1.29 is 9.53 Å². The van der Waals surface area contributed by atoms with Gasteiger partial charge in [-0.15, -0.1) is 11.8 Å². The summed E-state index contributed by atoms with van der Waals surface area (Å²) in [6, 6.07) is 0. The Labute approximate surface area is 112 Å². The summed E-state index contributed by atoms with van der Waals surface area (Å²) in [5, 5.41) is 4.00. The van der Waals surface area contributed by atoms with Crippen LogP contribution in [0.15, 0.2) is 11.4 Å². The SMILES string of the molecule is CNc1ncnc(SCCC(=O)OC)c1C(C)C. The summed E-state index contributed by atoms with van der Waals surface area (Å²) < 4.78 is 4.61. The molecular formula is C12H19N3O2S. The Morgan fingerprint density at radius 2 is 2.22 bits per heavy atom. The second-order valence-corrected chi connectivity index (χ2v) is 5.10. The second-order valence-electron chi connectivity index (χ2n) is 4.02. The van der Waals surface area contributed by atoms with Gasteiger partial charge in [0.2, 0.25) is 0 Å². The van der Waals surface area contributed by atoms with Crippen LogP contribution in [0.3, 0.4) is 0 Å². The van der Waals surface area contributed by atoms with Gasteiger partial charge in [0.25, 0.3) is 0 Å². The largest absolute Gasteiger partial charge is 0.469 e. The van der Waals surface area contributed by atoms with Crippen LogP contribution in [-0.4, -0.2) is 35.8 Å². The maximum absolute atomic E-state index is 11.1. The normalized spacial score (nSPS) is 10.5. The number of anilines is 1. The summed E-state index contributed by atoms with van der Waals surface area (Å²) in [5.41, 5.74) is 1.09. The molecule has 6 heteroatoms. The van der Waals surface area contributed by atoms with Crippen molar-refractivity contribution in [3.8, 4) is 0 Å². The molecule has 0 aromatic carbocycles. The lowest BCUT2D eigenvalue weighted by molar-refractivity contribution is -0.140. The lowest BCUT2D eigenvalue weighted by Crippen LogP contribution is -2.05. The molecule has 0 radical (unpaired) electrons. The van der Waals surface area contributed by atoms with Crippen LogP contribution >= 0.6 is 11.8 Å². The topological polar surface area (TPSA) is 64.1 Å². The molecule has 0 saturated carbocycles. The molecule has 1 N–H and O–H groups in total. The van der Waals surface area contributed by atoms with E-state index in [2.05, 4.69) is 33.9 Å². The van der Waals surface area contributed by atoms with Crippen molar-refractivity contribution in [1.82, 2.24) is 9.97 Å². The summed E-state index contributed by atoms with van der Waals surface area (Å²) in [6.07, 6.45) is 1.93. The van der Waals surface area contributed by atoms with E-state index in [4.69, 9.17) is 0 Å². The maximum Gasteiger partial charge on any atom is 0.306 e. The molecular weight excluding hydrogens is 250 g/mol. The van der Waals surface area contributed by atoms with Crippen molar-refractivity contribution in [2.24, 2.45) is 0 Å². The minimum Gasteiger partial charge on any atom is -0.469 e. The number of nitrogens with zero attached hydrogens (tertiary/aromatic N) is 2. The molecule has 1 heterocycles. The number of aromatic nitrogens is 2. The van der Waals surface area contributed by atoms with Gasteiger partial charge in [-0.2, -0.15) is 0 Å². The second kappa shape index (κ2) is 7.20. The molecule has 0 atom stereocenters. The fourth-order valence-electron chi connectivity index (χ4n) is 1.55. The molecule has 18 heavy (non-hydrogen) atoms. The van der Waals surface area contributed by atoms with E-state index in [1.807, 2.05) is 7.05 Å². The summed E-state index contributed by atoms with van der Waals surface area (Å²) in [6.45, 7) is 4.20. The Hall–Kier alpha value is -1.30. The van der Waals surface area contributed by atoms with Gasteiger partial charge in [0.05, 0.1) is 13.5 Å². The molecule has 0 fully saturated rings. The zero-order chi connectivity index (χ0) is 13.5. The molecule has 0 bridgehead atoms. The first-order chi connectivity index (χ1) is 8.60. The molecule has 1 rings (SSSR count). The van der Waals surface area contributed by atoms with Crippen molar-refractivity contribution in [3.05, 3.63) is 11.9 Å². The van der Waals surface area contributed by atoms with E-state index in [1.165, 1.54) is 13.4 Å². The average Bonchev–Trinajstić information content (AvgIpc) is 2.37. The van der Waals surface area contributed by atoms with Gasteiger partial charge < -0.3 is 10.1 Å². The minimum atomic E-state index is -0.198. The van der Waals surface area contributed by atoms with E-state index in [-0.39, 0.29) is 5.97 Å². The van der Waals surface area contributed by atoms with Gasteiger partial charge in [0.1, 0.15) is 17.2 Å². The molecule has 100 valence electrons. The van der Waals surface area contributed by atoms with Gasteiger partial charge in [-0.1, -0.05) is 13.8 Å². The van der Waals surface area contributed by atoms with Crippen molar-refractivity contribution in [3.63, 3.8) is 0 Å². The highest BCUT2D eigenvalue weighted by molar-refractivity contribution is 7.99. The van der Waals surface area contributed by atoms with E-state index < -0.39 is 0 Å². The maximum atomic E-state index is 11.1. The first-order valence-corrected chi connectivity index (χ1v) is 6.81. The van der Waals surface area contributed by atoms with Crippen molar-refractivity contribution in [1.29, 1.82) is 0 Å². The highest BCUT2D eigenvalue weighted by Crippen LogP contribution is 2.31. The summed E-state index contributed by atoms with van der Waals surface area (Å²) in [7, 11) is 3.24. The van der Waals surface area contributed by atoms with Gasteiger partial charge in [0.15, 0.2) is 0 Å². The zero-order valence-corrected chi connectivity index (χ0v) is 12.0. The van der Waals surface area contributed by atoms with Crippen molar-refractivity contribution in [2.75, 3.05) is 25.2 Å². The third kappa shape index (κ3) is 3.87. The van der Waals surface area contributed by atoms with Crippen molar-refractivity contribution >= 4 is 23.5 Å². The van der Waals surface area contributed by atoms with E-state index >= 15 is 0 Å². The number of hydrogen-bond donors (Lipinski definition) is 1. The number of thioether (sulfide) groups is 1. The lowest BCUT2D eigenvalue weighted by atomic mass is 10.1. The van der Waals surface area contributed by atoms with Gasteiger partial charge in [-0.05, 0) is 5.92 Å². The number of carbonyl (C=O) groups excluding carboxylic acids is 1. The molecule has 0 unspecified atom stereocenters. The van der Waals surface area contributed by atoms with Crippen LogP contribution in [0.5, 0.6) is 0 Å². The number of nitrogens with one attached hydrogen (secondary N) is 1. The van der Waals surface area contributed by atoms with E-state index in [9.17, 15) is 4.79 Å². The Kier molecular flexibility index (Phi) is 5.91. The molecule has 0 aliphatic rings. The van der Waals surface area contributed by atoms with Crippen LogP contribution in [0.25, 0.3) is 0 Å². The van der Waals surface area contributed by atoms with E-state index in [0.29, 0.717) is 18.1 Å². The third-order valence-electron chi connectivity index (χ3n) is 2.43. The molecule has 5 nitrogen and oxygen atoms in total. The molecule has 0 amide bonds. The first kappa shape index (κ1) is 14.8.